The third-order valence-corrected chi connectivity index (χ3v) is 5.05. The monoisotopic (exact) mass is 321 g/mol. The molecule has 1 spiro atoms. The normalized spacial score (nSPS) is 18.0. The van der Waals surface area contributed by atoms with Crippen molar-refractivity contribution in [2.45, 2.75) is 38.2 Å². The van der Waals surface area contributed by atoms with Crippen LogP contribution >= 0.6 is 0 Å². The van der Waals surface area contributed by atoms with Crippen LogP contribution in [-0.4, -0.2) is 22.4 Å². The van der Waals surface area contributed by atoms with Crippen molar-refractivity contribution in [1.29, 1.82) is 0 Å². The first-order chi connectivity index (χ1) is 11.6. The standard InChI is InChI=1S/C20H19NO3/c1-13-6-8-14(9-7-13)15-4-2-5-16(19(22)23)18(15)17-12-20(24-21-17)10-3-11-20/h2,4-9H,3,10-12H2,1H3,(H,22,23). The van der Waals surface area contributed by atoms with Crippen molar-refractivity contribution in [1.82, 2.24) is 0 Å². The summed E-state index contributed by atoms with van der Waals surface area (Å²) in [6.07, 6.45) is 3.83. The van der Waals surface area contributed by atoms with Crippen molar-refractivity contribution in [3.05, 3.63) is 59.2 Å². The fourth-order valence-corrected chi connectivity index (χ4v) is 3.51. The Bertz CT molecular complexity index is 832. The predicted molar refractivity (Wildman–Crippen MR) is 92.4 cm³/mol. The fourth-order valence-electron chi connectivity index (χ4n) is 3.51. The molecule has 4 nitrogen and oxygen atoms in total. The van der Waals surface area contributed by atoms with E-state index < -0.39 is 5.97 Å². The van der Waals surface area contributed by atoms with Crippen LogP contribution in [0.2, 0.25) is 0 Å². The topological polar surface area (TPSA) is 58.9 Å². The highest BCUT2D eigenvalue weighted by Crippen LogP contribution is 2.44. The summed E-state index contributed by atoms with van der Waals surface area (Å²) in [5, 5.41) is 13.9. The Hall–Kier alpha value is -2.62. The van der Waals surface area contributed by atoms with Gasteiger partial charge in [0.1, 0.15) is 5.60 Å². The van der Waals surface area contributed by atoms with Gasteiger partial charge in [-0.2, -0.15) is 0 Å². The molecule has 4 rings (SSSR count). The van der Waals surface area contributed by atoms with E-state index in [0.29, 0.717) is 12.0 Å². The molecule has 1 saturated carbocycles. The molecule has 1 aliphatic carbocycles. The number of hydrogen-bond donors (Lipinski definition) is 1. The maximum absolute atomic E-state index is 11.8. The van der Waals surface area contributed by atoms with Gasteiger partial charge in [-0.15, -0.1) is 0 Å². The molecule has 122 valence electrons. The molecule has 0 unspecified atom stereocenters. The third kappa shape index (κ3) is 2.39. The van der Waals surface area contributed by atoms with Gasteiger partial charge in [-0.25, -0.2) is 4.79 Å². The van der Waals surface area contributed by atoms with Gasteiger partial charge in [0.2, 0.25) is 0 Å². The fraction of sp³-hybridized carbons (Fsp3) is 0.300. The number of carboxylic acid groups (broad SMARTS) is 1. The lowest BCUT2D eigenvalue weighted by Gasteiger charge is -2.34. The van der Waals surface area contributed by atoms with E-state index in [0.717, 1.165) is 36.1 Å². The van der Waals surface area contributed by atoms with E-state index in [9.17, 15) is 9.90 Å². The summed E-state index contributed by atoms with van der Waals surface area (Å²) in [5.41, 5.74) is 4.60. The lowest BCUT2D eigenvalue weighted by atomic mass is 9.75. The maximum atomic E-state index is 11.8. The van der Waals surface area contributed by atoms with E-state index in [1.807, 2.05) is 37.3 Å². The van der Waals surface area contributed by atoms with E-state index in [-0.39, 0.29) is 11.2 Å². The Morgan fingerprint density at radius 3 is 2.50 bits per heavy atom. The van der Waals surface area contributed by atoms with Gasteiger partial charge < -0.3 is 9.94 Å². The van der Waals surface area contributed by atoms with Crippen LogP contribution in [0, 0.1) is 6.92 Å². The van der Waals surface area contributed by atoms with Crippen LogP contribution in [0.5, 0.6) is 0 Å². The van der Waals surface area contributed by atoms with Crippen LogP contribution in [0.25, 0.3) is 11.1 Å². The van der Waals surface area contributed by atoms with Gasteiger partial charge in [-0.3, -0.25) is 0 Å². The van der Waals surface area contributed by atoms with Crippen LogP contribution in [0.1, 0.15) is 47.2 Å². The van der Waals surface area contributed by atoms with Gasteiger partial charge in [-0.1, -0.05) is 47.1 Å². The van der Waals surface area contributed by atoms with E-state index in [1.54, 1.807) is 12.1 Å². The van der Waals surface area contributed by atoms with Crippen LogP contribution in [-0.2, 0) is 4.84 Å². The Morgan fingerprint density at radius 1 is 1.17 bits per heavy atom. The summed E-state index contributed by atoms with van der Waals surface area (Å²) >= 11 is 0. The molecule has 0 atom stereocenters. The molecule has 1 heterocycles. The Balaban J connectivity index is 1.84. The molecule has 0 aromatic heterocycles. The van der Waals surface area contributed by atoms with Crippen molar-refractivity contribution in [2.24, 2.45) is 5.16 Å². The molecule has 1 N–H and O–H groups in total. The molecule has 24 heavy (non-hydrogen) atoms. The zero-order chi connectivity index (χ0) is 16.7. The van der Waals surface area contributed by atoms with Crippen molar-refractivity contribution >= 4 is 11.7 Å². The smallest absolute Gasteiger partial charge is 0.336 e. The van der Waals surface area contributed by atoms with Crippen molar-refractivity contribution < 1.29 is 14.7 Å². The zero-order valence-electron chi connectivity index (χ0n) is 13.6. The summed E-state index contributed by atoms with van der Waals surface area (Å²) in [4.78, 5) is 17.4. The quantitative estimate of drug-likeness (QED) is 0.911. The number of oxime groups is 1. The SMILES string of the molecule is Cc1ccc(-c2cccc(C(=O)O)c2C2=NOC3(CCC3)C2)cc1. The molecular formula is C20H19NO3. The number of carboxylic acids is 1. The molecule has 2 aromatic rings. The molecule has 0 bridgehead atoms. The van der Waals surface area contributed by atoms with Gasteiger partial charge in [0, 0.05) is 12.0 Å². The molecular weight excluding hydrogens is 302 g/mol. The maximum Gasteiger partial charge on any atom is 0.336 e. The minimum atomic E-state index is -0.934. The largest absolute Gasteiger partial charge is 0.478 e. The summed E-state index contributed by atoms with van der Waals surface area (Å²) in [6, 6.07) is 13.5. The molecule has 2 aromatic carbocycles. The molecule has 0 amide bonds. The average Bonchev–Trinajstić information content (AvgIpc) is 3.00. The molecule has 4 heteroatoms. The second-order valence-corrected chi connectivity index (χ2v) is 6.74. The predicted octanol–water partition coefficient (Wildman–Crippen LogP) is 4.41. The highest BCUT2D eigenvalue weighted by atomic mass is 16.7. The second-order valence-electron chi connectivity index (χ2n) is 6.74. The Morgan fingerprint density at radius 2 is 1.92 bits per heavy atom. The highest BCUT2D eigenvalue weighted by molar-refractivity contribution is 6.13. The van der Waals surface area contributed by atoms with Crippen LogP contribution in [0.4, 0.5) is 0 Å². The Labute approximate surface area is 140 Å². The second kappa shape index (κ2) is 5.48. The Kier molecular flexibility index (Phi) is 3.41. The minimum absolute atomic E-state index is 0.189. The first kappa shape index (κ1) is 14.9. The number of nitrogens with zero attached hydrogens (tertiary/aromatic N) is 1. The molecule has 2 aliphatic rings. The molecule has 0 radical (unpaired) electrons. The summed E-state index contributed by atoms with van der Waals surface area (Å²) in [5.74, 6) is -0.934. The summed E-state index contributed by atoms with van der Waals surface area (Å²) in [6.45, 7) is 2.04. The highest BCUT2D eigenvalue weighted by Gasteiger charge is 2.45. The van der Waals surface area contributed by atoms with Crippen LogP contribution in [0.15, 0.2) is 47.6 Å². The van der Waals surface area contributed by atoms with E-state index in [1.165, 1.54) is 5.56 Å². The first-order valence-electron chi connectivity index (χ1n) is 8.27. The third-order valence-electron chi connectivity index (χ3n) is 5.05. The van der Waals surface area contributed by atoms with Gasteiger partial charge in [0.05, 0.1) is 11.3 Å². The van der Waals surface area contributed by atoms with Gasteiger partial charge in [-0.05, 0) is 43.4 Å². The average molecular weight is 321 g/mol. The summed E-state index contributed by atoms with van der Waals surface area (Å²) in [7, 11) is 0. The number of aromatic carboxylic acids is 1. The number of benzene rings is 2. The molecule has 1 aliphatic heterocycles. The number of aryl methyl sites for hydroxylation is 1. The summed E-state index contributed by atoms with van der Waals surface area (Å²) < 4.78 is 0. The van der Waals surface area contributed by atoms with E-state index in [2.05, 4.69) is 5.16 Å². The van der Waals surface area contributed by atoms with E-state index >= 15 is 0 Å². The molecule has 0 saturated heterocycles. The van der Waals surface area contributed by atoms with Crippen LogP contribution in [0.3, 0.4) is 0 Å². The first-order valence-corrected chi connectivity index (χ1v) is 8.27. The van der Waals surface area contributed by atoms with Gasteiger partial charge in [0.15, 0.2) is 0 Å². The van der Waals surface area contributed by atoms with Crippen molar-refractivity contribution in [3.8, 4) is 11.1 Å². The van der Waals surface area contributed by atoms with Crippen molar-refractivity contribution in [2.75, 3.05) is 0 Å². The minimum Gasteiger partial charge on any atom is -0.478 e. The number of hydrogen-bond acceptors (Lipinski definition) is 3. The lowest BCUT2D eigenvalue weighted by Crippen LogP contribution is -2.37. The zero-order valence-corrected chi connectivity index (χ0v) is 13.6. The lowest BCUT2D eigenvalue weighted by molar-refractivity contribution is -0.0755. The van der Waals surface area contributed by atoms with E-state index in [4.69, 9.17) is 4.84 Å². The molecule has 1 fully saturated rings. The van der Waals surface area contributed by atoms with Gasteiger partial charge >= 0.3 is 5.97 Å². The van der Waals surface area contributed by atoms with Gasteiger partial charge in [0.25, 0.3) is 0 Å². The number of carbonyl (C=O) groups is 1. The van der Waals surface area contributed by atoms with Crippen LogP contribution < -0.4 is 0 Å². The van der Waals surface area contributed by atoms with Crippen molar-refractivity contribution in [3.63, 3.8) is 0 Å². The number of rotatable bonds is 3.